The van der Waals surface area contributed by atoms with Crippen molar-refractivity contribution in [1.29, 1.82) is 0 Å². The van der Waals surface area contributed by atoms with Crippen molar-refractivity contribution in [2.45, 2.75) is 32.4 Å². The second-order valence-electron chi connectivity index (χ2n) is 4.16. The van der Waals surface area contributed by atoms with E-state index < -0.39 is 5.60 Å². The molecule has 1 aromatic rings. The second-order valence-corrected chi connectivity index (χ2v) is 4.16. The summed E-state index contributed by atoms with van der Waals surface area (Å²) in [6, 6.07) is 9.55. The monoisotopic (exact) mass is 207 g/mol. The molecule has 1 atom stereocenters. The van der Waals surface area contributed by atoms with E-state index in [1.807, 2.05) is 37.3 Å². The number of hydrogen-bond donors (Lipinski definition) is 2. The lowest BCUT2D eigenvalue weighted by atomic mass is 10.1. The smallest absolute Gasteiger partial charge is 0.251 e. The van der Waals surface area contributed by atoms with Crippen LogP contribution in [0.1, 0.15) is 32.4 Å². The molecule has 82 valence electrons. The maximum atomic E-state index is 11.5. The third-order valence-electron chi connectivity index (χ3n) is 2.20. The number of rotatable bonds is 3. The topological polar surface area (TPSA) is 49.3 Å². The first kappa shape index (κ1) is 11.7. The summed E-state index contributed by atoms with van der Waals surface area (Å²) in [5, 5.41) is 12.2. The van der Waals surface area contributed by atoms with Crippen molar-refractivity contribution in [2.75, 3.05) is 0 Å². The zero-order valence-electron chi connectivity index (χ0n) is 9.32. The number of carbonyl (C=O) groups excluding carboxylic acids is 1. The highest BCUT2D eigenvalue weighted by molar-refractivity contribution is 5.84. The molecule has 0 spiro atoms. The van der Waals surface area contributed by atoms with Gasteiger partial charge in [0.25, 0.3) is 5.91 Å². The number of aliphatic hydroxyl groups is 1. The number of carbonyl (C=O) groups is 1. The fourth-order valence-corrected chi connectivity index (χ4v) is 1.20. The van der Waals surface area contributed by atoms with E-state index in [0.717, 1.165) is 5.56 Å². The van der Waals surface area contributed by atoms with E-state index in [-0.39, 0.29) is 11.9 Å². The van der Waals surface area contributed by atoms with Crippen LogP contribution in [0.5, 0.6) is 0 Å². The Morgan fingerprint density at radius 1 is 1.33 bits per heavy atom. The first-order valence-electron chi connectivity index (χ1n) is 4.99. The number of nitrogens with one attached hydrogen (secondary N) is 1. The normalized spacial score (nSPS) is 13.3. The summed E-state index contributed by atoms with van der Waals surface area (Å²) in [7, 11) is 0. The largest absolute Gasteiger partial charge is 0.381 e. The van der Waals surface area contributed by atoms with Gasteiger partial charge in [-0.2, -0.15) is 0 Å². The predicted octanol–water partition coefficient (Wildman–Crippen LogP) is 1.63. The van der Waals surface area contributed by atoms with Gasteiger partial charge in [-0.15, -0.1) is 0 Å². The van der Waals surface area contributed by atoms with Gasteiger partial charge in [0.2, 0.25) is 0 Å². The molecule has 0 aliphatic rings. The van der Waals surface area contributed by atoms with E-state index in [4.69, 9.17) is 0 Å². The summed E-state index contributed by atoms with van der Waals surface area (Å²) in [6.07, 6.45) is 0. The van der Waals surface area contributed by atoms with E-state index in [2.05, 4.69) is 5.32 Å². The molecule has 1 amide bonds. The molecule has 0 aromatic heterocycles. The second kappa shape index (κ2) is 4.45. The number of benzene rings is 1. The fourth-order valence-electron chi connectivity index (χ4n) is 1.20. The molecule has 1 rings (SSSR count). The summed E-state index contributed by atoms with van der Waals surface area (Å²) in [6.45, 7) is 4.83. The van der Waals surface area contributed by atoms with Crippen LogP contribution in [-0.4, -0.2) is 16.6 Å². The van der Waals surface area contributed by atoms with Gasteiger partial charge in [0.1, 0.15) is 5.60 Å². The molecule has 0 fully saturated rings. The van der Waals surface area contributed by atoms with E-state index in [1.54, 1.807) is 0 Å². The Morgan fingerprint density at radius 3 is 2.33 bits per heavy atom. The van der Waals surface area contributed by atoms with Crippen LogP contribution < -0.4 is 5.32 Å². The van der Waals surface area contributed by atoms with Gasteiger partial charge in [-0.1, -0.05) is 30.3 Å². The van der Waals surface area contributed by atoms with Gasteiger partial charge in [0.05, 0.1) is 6.04 Å². The zero-order valence-corrected chi connectivity index (χ0v) is 9.32. The Kier molecular flexibility index (Phi) is 3.48. The highest BCUT2D eigenvalue weighted by Crippen LogP contribution is 2.12. The van der Waals surface area contributed by atoms with Crippen molar-refractivity contribution in [2.24, 2.45) is 0 Å². The minimum Gasteiger partial charge on any atom is -0.381 e. The van der Waals surface area contributed by atoms with E-state index in [9.17, 15) is 9.90 Å². The van der Waals surface area contributed by atoms with Gasteiger partial charge in [-0.05, 0) is 26.3 Å². The van der Waals surface area contributed by atoms with Crippen LogP contribution in [0, 0.1) is 0 Å². The summed E-state index contributed by atoms with van der Waals surface area (Å²) in [5.41, 5.74) is -0.307. The fraction of sp³-hybridized carbons (Fsp3) is 0.417. The minimum atomic E-state index is -1.33. The maximum Gasteiger partial charge on any atom is 0.251 e. The Bertz CT molecular complexity index is 327. The van der Waals surface area contributed by atoms with Crippen LogP contribution in [0.4, 0.5) is 0 Å². The molecule has 0 radical (unpaired) electrons. The lowest BCUT2D eigenvalue weighted by molar-refractivity contribution is -0.137. The highest BCUT2D eigenvalue weighted by atomic mass is 16.3. The van der Waals surface area contributed by atoms with Crippen LogP contribution >= 0.6 is 0 Å². The van der Waals surface area contributed by atoms with Gasteiger partial charge < -0.3 is 10.4 Å². The molecule has 1 unspecified atom stereocenters. The van der Waals surface area contributed by atoms with Crippen LogP contribution in [0.3, 0.4) is 0 Å². The van der Waals surface area contributed by atoms with Gasteiger partial charge in [0, 0.05) is 0 Å². The van der Waals surface area contributed by atoms with Crippen molar-refractivity contribution in [3.63, 3.8) is 0 Å². The summed E-state index contributed by atoms with van der Waals surface area (Å²) >= 11 is 0. The van der Waals surface area contributed by atoms with Crippen LogP contribution in [0.15, 0.2) is 30.3 Å². The van der Waals surface area contributed by atoms with Crippen molar-refractivity contribution < 1.29 is 9.90 Å². The third-order valence-corrected chi connectivity index (χ3v) is 2.20. The molecular weight excluding hydrogens is 190 g/mol. The molecule has 0 aliphatic heterocycles. The Morgan fingerprint density at radius 2 is 1.87 bits per heavy atom. The van der Waals surface area contributed by atoms with Gasteiger partial charge in [-0.25, -0.2) is 0 Å². The standard InChI is InChI=1S/C12H17NO2/c1-9(10-7-5-4-6-8-10)13-11(14)12(2,3)15/h4-9,15H,1-3H3,(H,13,14). The predicted molar refractivity (Wildman–Crippen MR) is 59.3 cm³/mol. The van der Waals surface area contributed by atoms with Crippen molar-refractivity contribution >= 4 is 5.91 Å². The third kappa shape index (κ3) is 3.36. The van der Waals surface area contributed by atoms with Crippen molar-refractivity contribution in [3.05, 3.63) is 35.9 Å². The lowest BCUT2D eigenvalue weighted by Crippen LogP contribution is -2.42. The first-order valence-corrected chi connectivity index (χ1v) is 4.99. The highest BCUT2D eigenvalue weighted by Gasteiger charge is 2.24. The SMILES string of the molecule is CC(NC(=O)C(C)(C)O)c1ccccc1. The summed E-state index contributed by atoms with van der Waals surface area (Å²) < 4.78 is 0. The first-order chi connectivity index (χ1) is 6.91. The van der Waals surface area contributed by atoms with Gasteiger partial charge in [-0.3, -0.25) is 4.79 Å². The zero-order chi connectivity index (χ0) is 11.5. The molecule has 1 aromatic carbocycles. The Hall–Kier alpha value is -1.35. The molecule has 0 heterocycles. The molecule has 15 heavy (non-hydrogen) atoms. The molecule has 3 nitrogen and oxygen atoms in total. The van der Waals surface area contributed by atoms with Crippen LogP contribution in [0.25, 0.3) is 0 Å². The average molecular weight is 207 g/mol. The molecule has 0 saturated carbocycles. The summed E-state index contributed by atoms with van der Waals surface area (Å²) in [5.74, 6) is -0.362. The quantitative estimate of drug-likeness (QED) is 0.791. The maximum absolute atomic E-state index is 11.5. The molecule has 0 bridgehead atoms. The van der Waals surface area contributed by atoms with E-state index in [1.165, 1.54) is 13.8 Å². The minimum absolute atomic E-state index is 0.0925. The van der Waals surface area contributed by atoms with Crippen LogP contribution in [0.2, 0.25) is 0 Å². The number of hydrogen-bond acceptors (Lipinski definition) is 2. The molecule has 3 heteroatoms. The van der Waals surface area contributed by atoms with Gasteiger partial charge >= 0.3 is 0 Å². The average Bonchev–Trinajstić information content (AvgIpc) is 2.17. The molecular formula is C12H17NO2. The Balaban J connectivity index is 2.65. The molecule has 2 N–H and O–H groups in total. The number of amides is 1. The van der Waals surface area contributed by atoms with Crippen molar-refractivity contribution in [3.8, 4) is 0 Å². The van der Waals surface area contributed by atoms with E-state index >= 15 is 0 Å². The molecule has 0 saturated heterocycles. The van der Waals surface area contributed by atoms with Crippen molar-refractivity contribution in [1.82, 2.24) is 5.32 Å². The van der Waals surface area contributed by atoms with Gasteiger partial charge in [0.15, 0.2) is 0 Å². The van der Waals surface area contributed by atoms with Crippen LogP contribution in [-0.2, 0) is 4.79 Å². The summed E-state index contributed by atoms with van der Waals surface area (Å²) in [4.78, 5) is 11.5. The van der Waals surface area contributed by atoms with E-state index in [0.29, 0.717) is 0 Å². The Labute approximate surface area is 90.1 Å². The molecule has 0 aliphatic carbocycles. The lowest BCUT2D eigenvalue weighted by Gasteiger charge is -2.21.